The lowest BCUT2D eigenvalue weighted by molar-refractivity contribution is 0.348. The molecule has 6 nitrogen and oxygen atoms in total. The molecule has 3 aromatic carbocycles. The molecule has 1 aromatic heterocycles. The lowest BCUT2D eigenvalue weighted by Gasteiger charge is -2.14. The fraction of sp³-hybridized carbons (Fsp3) is 0.154. The van der Waals surface area contributed by atoms with E-state index in [0.717, 1.165) is 21.3 Å². The van der Waals surface area contributed by atoms with Crippen LogP contribution in [0.3, 0.4) is 0 Å². The van der Waals surface area contributed by atoms with E-state index in [0.29, 0.717) is 34.0 Å². The minimum absolute atomic E-state index is 0.138. The zero-order valence-electron chi connectivity index (χ0n) is 18.8. The van der Waals surface area contributed by atoms with Crippen LogP contribution >= 0.6 is 15.9 Å². The Balaban J connectivity index is 1.93. The number of halogens is 1. The van der Waals surface area contributed by atoms with Crippen molar-refractivity contribution in [2.24, 2.45) is 0 Å². The number of methoxy groups -OCH3 is 3. The number of nitrogens with zero attached hydrogens (tertiary/aromatic N) is 2. The van der Waals surface area contributed by atoms with Crippen molar-refractivity contribution in [2.75, 3.05) is 21.3 Å². The van der Waals surface area contributed by atoms with Crippen LogP contribution in [-0.2, 0) is 0 Å². The standard InChI is InChI=1S/C26H23BrN2O4/c1-16-13-18(10-11-20(16)27)29-25(28-21-8-6-5-7-19(21)26(29)30)12-9-17-14-23(32-3)24(33-4)15-22(17)31-2/h5-15H,1-4H3/b12-9+. The third-order valence-corrected chi connectivity index (χ3v) is 6.24. The number of fused-ring (bicyclic) bond motifs is 1. The van der Waals surface area contributed by atoms with Gasteiger partial charge >= 0.3 is 0 Å². The number of hydrogen-bond donors (Lipinski definition) is 0. The van der Waals surface area contributed by atoms with Gasteiger partial charge in [0.2, 0.25) is 0 Å². The third kappa shape index (κ3) is 4.36. The molecule has 33 heavy (non-hydrogen) atoms. The van der Waals surface area contributed by atoms with Gasteiger partial charge in [-0.2, -0.15) is 0 Å². The predicted octanol–water partition coefficient (Wildman–Crippen LogP) is 5.65. The molecule has 168 valence electrons. The van der Waals surface area contributed by atoms with Crippen LogP contribution in [0.5, 0.6) is 17.2 Å². The van der Waals surface area contributed by atoms with Crippen LogP contribution in [0.4, 0.5) is 0 Å². The Hall–Kier alpha value is -3.58. The van der Waals surface area contributed by atoms with Gasteiger partial charge in [-0.15, -0.1) is 0 Å². The summed E-state index contributed by atoms with van der Waals surface area (Å²) in [7, 11) is 4.74. The van der Waals surface area contributed by atoms with E-state index in [2.05, 4.69) is 15.9 Å². The molecule has 0 radical (unpaired) electrons. The van der Waals surface area contributed by atoms with Gasteiger partial charge in [-0.25, -0.2) is 4.98 Å². The van der Waals surface area contributed by atoms with Gasteiger partial charge in [0.25, 0.3) is 5.56 Å². The second-order valence-electron chi connectivity index (χ2n) is 7.34. The van der Waals surface area contributed by atoms with E-state index in [1.54, 1.807) is 44.1 Å². The molecule has 0 aliphatic heterocycles. The molecule has 7 heteroatoms. The molecule has 1 heterocycles. The number of benzene rings is 3. The maximum absolute atomic E-state index is 13.5. The Kier molecular flexibility index (Phi) is 6.51. The first-order valence-electron chi connectivity index (χ1n) is 10.2. The highest BCUT2D eigenvalue weighted by Gasteiger charge is 2.13. The first-order chi connectivity index (χ1) is 16.0. The second-order valence-corrected chi connectivity index (χ2v) is 8.20. The molecule has 0 unspecified atom stereocenters. The zero-order valence-corrected chi connectivity index (χ0v) is 20.3. The minimum atomic E-state index is -0.138. The average molecular weight is 507 g/mol. The summed E-state index contributed by atoms with van der Waals surface area (Å²) in [5.74, 6) is 2.25. The number of hydrogen-bond acceptors (Lipinski definition) is 5. The molecule has 0 N–H and O–H groups in total. The van der Waals surface area contributed by atoms with Crippen LogP contribution in [0.2, 0.25) is 0 Å². The lowest BCUT2D eigenvalue weighted by Crippen LogP contribution is -2.22. The quantitative estimate of drug-likeness (QED) is 0.338. The van der Waals surface area contributed by atoms with Crippen LogP contribution in [0.1, 0.15) is 17.0 Å². The first-order valence-corrected chi connectivity index (χ1v) is 11.0. The number of rotatable bonds is 6. The van der Waals surface area contributed by atoms with Crippen LogP contribution in [0.15, 0.2) is 63.9 Å². The summed E-state index contributed by atoms with van der Waals surface area (Å²) in [6, 6.07) is 16.7. The van der Waals surface area contributed by atoms with E-state index in [9.17, 15) is 4.79 Å². The maximum atomic E-state index is 13.5. The number of para-hydroxylation sites is 1. The first kappa shape index (κ1) is 22.6. The normalized spacial score (nSPS) is 11.2. The highest BCUT2D eigenvalue weighted by atomic mass is 79.9. The molecular formula is C26H23BrN2O4. The molecule has 4 aromatic rings. The molecule has 0 amide bonds. The van der Waals surface area contributed by atoms with Gasteiger partial charge in [0.05, 0.1) is 37.9 Å². The summed E-state index contributed by atoms with van der Waals surface area (Å²) in [6.45, 7) is 1.98. The van der Waals surface area contributed by atoms with Crippen molar-refractivity contribution >= 4 is 39.0 Å². The Morgan fingerprint density at radius 1 is 0.879 bits per heavy atom. The van der Waals surface area contributed by atoms with E-state index >= 15 is 0 Å². The van der Waals surface area contributed by atoms with Crippen molar-refractivity contribution in [3.05, 3.63) is 86.4 Å². The summed E-state index contributed by atoms with van der Waals surface area (Å²) >= 11 is 3.53. The molecular weight excluding hydrogens is 484 g/mol. The van der Waals surface area contributed by atoms with E-state index in [1.165, 1.54) is 0 Å². The summed E-state index contributed by atoms with van der Waals surface area (Å²) in [6.07, 6.45) is 3.65. The van der Waals surface area contributed by atoms with Gasteiger partial charge < -0.3 is 14.2 Å². The van der Waals surface area contributed by atoms with Crippen LogP contribution in [0, 0.1) is 6.92 Å². The molecule has 0 bridgehead atoms. The highest BCUT2D eigenvalue weighted by molar-refractivity contribution is 9.10. The van der Waals surface area contributed by atoms with Crippen molar-refractivity contribution in [1.29, 1.82) is 0 Å². The van der Waals surface area contributed by atoms with Crippen molar-refractivity contribution in [3.63, 3.8) is 0 Å². The molecule has 0 atom stereocenters. The topological polar surface area (TPSA) is 62.6 Å². The Bertz CT molecular complexity index is 1430. The largest absolute Gasteiger partial charge is 0.496 e. The molecule has 0 aliphatic rings. The van der Waals surface area contributed by atoms with Crippen LogP contribution in [-0.4, -0.2) is 30.9 Å². The van der Waals surface area contributed by atoms with Gasteiger partial charge in [0.15, 0.2) is 11.5 Å². The minimum Gasteiger partial charge on any atom is -0.496 e. The van der Waals surface area contributed by atoms with E-state index in [4.69, 9.17) is 19.2 Å². The van der Waals surface area contributed by atoms with Gasteiger partial charge in [-0.1, -0.05) is 28.1 Å². The fourth-order valence-electron chi connectivity index (χ4n) is 3.63. The van der Waals surface area contributed by atoms with Crippen molar-refractivity contribution in [3.8, 4) is 22.9 Å². The molecule has 0 spiro atoms. The zero-order chi connectivity index (χ0) is 23.5. The molecule has 0 aliphatic carbocycles. The monoisotopic (exact) mass is 506 g/mol. The lowest BCUT2D eigenvalue weighted by atomic mass is 10.1. The summed E-state index contributed by atoms with van der Waals surface area (Å²) in [4.78, 5) is 18.3. The number of ether oxygens (including phenoxy) is 3. The van der Waals surface area contributed by atoms with Crippen LogP contribution < -0.4 is 19.8 Å². The van der Waals surface area contributed by atoms with Crippen LogP contribution in [0.25, 0.3) is 28.7 Å². The molecule has 4 rings (SSSR count). The van der Waals surface area contributed by atoms with Crippen molar-refractivity contribution in [1.82, 2.24) is 9.55 Å². The predicted molar refractivity (Wildman–Crippen MR) is 135 cm³/mol. The van der Waals surface area contributed by atoms with Gasteiger partial charge in [0.1, 0.15) is 11.6 Å². The number of aromatic nitrogens is 2. The Morgan fingerprint density at radius 2 is 1.58 bits per heavy atom. The summed E-state index contributed by atoms with van der Waals surface area (Å²) in [5, 5.41) is 0.555. The Labute approximate surface area is 200 Å². The van der Waals surface area contributed by atoms with Crippen molar-refractivity contribution in [2.45, 2.75) is 6.92 Å². The fourth-order valence-corrected chi connectivity index (χ4v) is 3.87. The van der Waals surface area contributed by atoms with Gasteiger partial charge in [-0.3, -0.25) is 9.36 Å². The van der Waals surface area contributed by atoms with Crippen molar-refractivity contribution < 1.29 is 14.2 Å². The second kappa shape index (κ2) is 9.50. The average Bonchev–Trinajstić information content (AvgIpc) is 2.84. The molecule has 0 saturated carbocycles. The van der Waals surface area contributed by atoms with Gasteiger partial charge in [0, 0.05) is 16.1 Å². The summed E-state index contributed by atoms with van der Waals surface area (Å²) < 4.78 is 18.9. The SMILES string of the molecule is COc1cc(OC)c(OC)cc1/C=C/c1nc2ccccc2c(=O)n1-c1ccc(Br)c(C)c1. The Morgan fingerprint density at radius 3 is 2.27 bits per heavy atom. The highest BCUT2D eigenvalue weighted by Crippen LogP contribution is 2.35. The molecule has 0 saturated heterocycles. The smallest absolute Gasteiger partial charge is 0.266 e. The molecule has 0 fully saturated rings. The van der Waals surface area contributed by atoms with E-state index in [1.807, 2.05) is 55.5 Å². The maximum Gasteiger partial charge on any atom is 0.266 e. The third-order valence-electron chi connectivity index (χ3n) is 5.35. The van der Waals surface area contributed by atoms with E-state index in [-0.39, 0.29) is 5.56 Å². The number of aryl methyl sites for hydroxylation is 1. The van der Waals surface area contributed by atoms with E-state index < -0.39 is 0 Å². The summed E-state index contributed by atoms with van der Waals surface area (Å²) in [5.41, 5.74) is 3.01. The van der Waals surface area contributed by atoms with Gasteiger partial charge in [-0.05, 0) is 61.0 Å².